The Hall–Kier alpha value is -2.36. The average Bonchev–Trinajstić information content (AvgIpc) is 3.14. The minimum absolute atomic E-state index is 0. The second-order valence-electron chi connectivity index (χ2n) is 7.38. The van der Waals surface area contributed by atoms with E-state index in [0.29, 0.717) is 12.5 Å². The largest absolute Gasteiger partial charge is 0.493 e. The minimum Gasteiger partial charge on any atom is -0.493 e. The van der Waals surface area contributed by atoms with Gasteiger partial charge in [0.15, 0.2) is 17.4 Å². The molecule has 2 aromatic heterocycles. The molecular weight excluding hydrogens is 491 g/mol. The number of rotatable bonds is 8. The first-order valence-electron chi connectivity index (χ1n) is 10.1. The second-order valence-corrected chi connectivity index (χ2v) is 7.38. The van der Waals surface area contributed by atoms with Gasteiger partial charge in [0.2, 0.25) is 0 Å². The smallest absolute Gasteiger partial charge is 0.192 e. The first-order valence-corrected chi connectivity index (χ1v) is 10.1. The molecule has 1 aromatic carbocycles. The van der Waals surface area contributed by atoms with Gasteiger partial charge in [0, 0.05) is 12.7 Å². The van der Waals surface area contributed by atoms with Crippen molar-refractivity contribution in [3.8, 4) is 5.75 Å². The SMILES string of the molecule is CCNC(=NCc1nnc2ccccn12)NC(C)c1ccc(OCC(C)C)cc1.I. The van der Waals surface area contributed by atoms with Crippen molar-refractivity contribution < 1.29 is 4.74 Å². The van der Waals surface area contributed by atoms with Crippen LogP contribution in [0.2, 0.25) is 0 Å². The monoisotopic (exact) mass is 522 g/mol. The zero-order chi connectivity index (χ0) is 20.6. The number of aromatic nitrogens is 3. The Morgan fingerprint density at radius 3 is 2.57 bits per heavy atom. The number of nitrogens with zero attached hydrogens (tertiary/aromatic N) is 4. The van der Waals surface area contributed by atoms with Crippen LogP contribution in [0, 0.1) is 5.92 Å². The lowest BCUT2D eigenvalue weighted by atomic mass is 10.1. The number of fused-ring (bicyclic) bond motifs is 1. The highest BCUT2D eigenvalue weighted by molar-refractivity contribution is 14.0. The summed E-state index contributed by atoms with van der Waals surface area (Å²) < 4.78 is 7.72. The molecule has 7 nitrogen and oxygen atoms in total. The number of benzene rings is 1. The van der Waals surface area contributed by atoms with Crippen LogP contribution in [-0.2, 0) is 6.54 Å². The van der Waals surface area contributed by atoms with Crippen LogP contribution in [0.15, 0.2) is 53.7 Å². The predicted octanol–water partition coefficient (Wildman–Crippen LogP) is 4.20. The summed E-state index contributed by atoms with van der Waals surface area (Å²) in [5.41, 5.74) is 1.99. The van der Waals surface area contributed by atoms with E-state index in [2.05, 4.69) is 65.7 Å². The highest BCUT2D eigenvalue weighted by Gasteiger charge is 2.10. The van der Waals surface area contributed by atoms with Gasteiger partial charge in [-0.1, -0.05) is 32.0 Å². The normalized spacial score (nSPS) is 12.5. The van der Waals surface area contributed by atoms with Gasteiger partial charge in [-0.15, -0.1) is 34.2 Å². The van der Waals surface area contributed by atoms with Gasteiger partial charge in [-0.25, -0.2) is 4.99 Å². The lowest BCUT2D eigenvalue weighted by Crippen LogP contribution is -2.38. The van der Waals surface area contributed by atoms with E-state index in [1.165, 1.54) is 5.56 Å². The van der Waals surface area contributed by atoms with Crippen molar-refractivity contribution in [3.63, 3.8) is 0 Å². The lowest BCUT2D eigenvalue weighted by molar-refractivity contribution is 0.271. The van der Waals surface area contributed by atoms with Crippen LogP contribution in [0.3, 0.4) is 0 Å². The summed E-state index contributed by atoms with van der Waals surface area (Å²) >= 11 is 0. The molecule has 0 fully saturated rings. The fourth-order valence-corrected chi connectivity index (χ4v) is 2.87. The number of pyridine rings is 1. The Balaban J connectivity index is 0.00000320. The molecular formula is C22H31IN6O. The van der Waals surface area contributed by atoms with Crippen LogP contribution >= 0.6 is 24.0 Å². The molecule has 162 valence electrons. The summed E-state index contributed by atoms with van der Waals surface area (Å²) in [6.07, 6.45) is 1.95. The fourth-order valence-electron chi connectivity index (χ4n) is 2.87. The van der Waals surface area contributed by atoms with Crippen molar-refractivity contribution >= 4 is 35.6 Å². The first kappa shape index (κ1) is 23.9. The van der Waals surface area contributed by atoms with E-state index >= 15 is 0 Å². The van der Waals surface area contributed by atoms with E-state index in [9.17, 15) is 0 Å². The van der Waals surface area contributed by atoms with Crippen LogP contribution in [0.1, 0.15) is 45.1 Å². The molecule has 1 unspecified atom stereocenters. The molecule has 3 rings (SSSR count). The third-order valence-electron chi connectivity index (χ3n) is 4.42. The highest BCUT2D eigenvalue weighted by Crippen LogP contribution is 2.18. The molecule has 2 heterocycles. The minimum atomic E-state index is 0. The maximum atomic E-state index is 5.77. The van der Waals surface area contributed by atoms with E-state index < -0.39 is 0 Å². The molecule has 0 aliphatic carbocycles. The molecule has 0 aliphatic rings. The Labute approximate surface area is 195 Å². The summed E-state index contributed by atoms with van der Waals surface area (Å²) in [7, 11) is 0. The number of aliphatic imine (C=N–C) groups is 1. The summed E-state index contributed by atoms with van der Waals surface area (Å²) in [4.78, 5) is 4.68. The van der Waals surface area contributed by atoms with E-state index in [1.54, 1.807) is 0 Å². The highest BCUT2D eigenvalue weighted by atomic mass is 127. The molecule has 0 bridgehead atoms. The molecule has 0 saturated carbocycles. The molecule has 0 spiro atoms. The zero-order valence-corrected chi connectivity index (χ0v) is 20.3. The number of guanidine groups is 1. The number of halogens is 1. The van der Waals surface area contributed by atoms with Crippen LogP contribution in [-0.4, -0.2) is 33.7 Å². The molecule has 2 N–H and O–H groups in total. The summed E-state index contributed by atoms with van der Waals surface area (Å²) in [6.45, 7) is 10.4. The predicted molar refractivity (Wildman–Crippen MR) is 132 cm³/mol. The number of nitrogens with one attached hydrogen (secondary N) is 2. The van der Waals surface area contributed by atoms with Gasteiger partial charge in [-0.05, 0) is 49.6 Å². The van der Waals surface area contributed by atoms with Crippen LogP contribution in [0.4, 0.5) is 0 Å². The standard InChI is InChI=1S/C22H30N6O.HI/c1-5-23-22(24-14-21-27-26-20-8-6-7-13-28(20)21)25-17(4)18-9-11-19(12-10-18)29-15-16(2)3;/h6-13,16-17H,5,14-15H2,1-4H3,(H2,23,24,25);1H. The molecule has 8 heteroatoms. The Morgan fingerprint density at radius 2 is 1.87 bits per heavy atom. The van der Waals surface area contributed by atoms with Crippen molar-refractivity contribution in [2.75, 3.05) is 13.2 Å². The fraction of sp³-hybridized carbons (Fsp3) is 0.409. The summed E-state index contributed by atoms with van der Waals surface area (Å²) in [6, 6.07) is 14.1. The zero-order valence-electron chi connectivity index (χ0n) is 18.0. The molecule has 1 atom stereocenters. The Morgan fingerprint density at radius 1 is 1.10 bits per heavy atom. The van der Waals surface area contributed by atoms with Gasteiger partial charge in [0.05, 0.1) is 12.6 Å². The molecule has 3 aromatic rings. The number of hydrogen-bond donors (Lipinski definition) is 2. The van der Waals surface area contributed by atoms with Gasteiger partial charge in [-0.2, -0.15) is 0 Å². The molecule has 0 aliphatic heterocycles. The third kappa shape index (κ3) is 6.58. The van der Waals surface area contributed by atoms with Gasteiger partial charge < -0.3 is 15.4 Å². The first-order chi connectivity index (χ1) is 14.1. The van der Waals surface area contributed by atoms with Gasteiger partial charge in [-0.3, -0.25) is 4.40 Å². The van der Waals surface area contributed by atoms with Crippen molar-refractivity contribution in [1.29, 1.82) is 0 Å². The quantitative estimate of drug-likeness (QED) is 0.264. The molecule has 0 saturated heterocycles. The Bertz CT molecular complexity index is 938. The third-order valence-corrected chi connectivity index (χ3v) is 4.42. The molecule has 30 heavy (non-hydrogen) atoms. The van der Waals surface area contributed by atoms with Crippen LogP contribution in [0.5, 0.6) is 5.75 Å². The van der Waals surface area contributed by atoms with Crippen molar-refractivity contribution in [3.05, 3.63) is 60.0 Å². The topological polar surface area (TPSA) is 75.8 Å². The lowest BCUT2D eigenvalue weighted by Gasteiger charge is -2.18. The second kappa shape index (κ2) is 11.7. The maximum absolute atomic E-state index is 5.77. The van der Waals surface area contributed by atoms with Crippen LogP contribution in [0.25, 0.3) is 5.65 Å². The van der Waals surface area contributed by atoms with Crippen molar-refractivity contribution in [1.82, 2.24) is 25.2 Å². The van der Waals surface area contributed by atoms with Crippen molar-refractivity contribution in [2.45, 2.75) is 40.3 Å². The van der Waals surface area contributed by atoms with E-state index in [1.807, 2.05) is 40.9 Å². The van der Waals surface area contributed by atoms with Crippen molar-refractivity contribution in [2.24, 2.45) is 10.9 Å². The Kier molecular flexibility index (Phi) is 9.35. The number of hydrogen-bond acceptors (Lipinski definition) is 4. The van der Waals surface area contributed by atoms with E-state index in [0.717, 1.165) is 36.3 Å². The summed E-state index contributed by atoms with van der Waals surface area (Å²) in [5.74, 6) is 2.95. The van der Waals surface area contributed by atoms with Gasteiger partial charge >= 0.3 is 0 Å². The molecule has 0 radical (unpaired) electrons. The number of ether oxygens (including phenoxy) is 1. The van der Waals surface area contributed by atoms with E-state index in [4.69, 9.17) is 4.74 Å². The van der Waals surface area contributed by atoms with E-state index in [-0.39, 0.29) is 30.0 Å². The maximum Gasteiger partial charge on any atom is 0.192 e. The van der Waals surface area contributed by atoms with Gasteiger partial charge in [0.1, 0.15) is 12.3 Å². The summed E-state index contributed by atoms with van der Waals surface area (Å²) in [5, 5.41) is 15.2. The molecule has 0 amide bonds. The van der Waals surface area contributed by atoms with Crippen LogP contribution < -0.4 is 15.4 Å². The average molecular weight is 522 g/mol. The van der Waals surface area contributed by atoms with Gasteiger partial charge in [0.25, 0.3) is 0 Å².